The number of fused-ring (bicyclic) bond motifs is 1. The highest BCUT2D eigenvalue weighted by Crippen LogP contribution is 2.42. The molecular weight excluding hydrogens is 659 g/mol. The van der Waals surface area contributed by atoms with E-state index >= 15 is 0 Å². The average Bonchev–Trinajstić information content (AvgIpc) is 3.23. The lowest BCUT2D eigenvalue weighted by Gasteiger charge is -2.36. The predicted octanol–water partition coefficient (Wildman–Crippen LogP) is 8.45. The molecule has 2 unspecified atom stereocenters. The van der Waals surface area contributed by atoms with Crippen LogP contribution in [-0.2, 0) is 25.8 Å². The molecule has 0 fully saturated rings. The van der Waals surface area contributed by atoms with Gasteiger partial charge in [0, 0.05) is 27.8 Å². The predicted molar refractivity (Wildman–Crippen MR) is 170 cm³/mol. The molecule has 0 radical (unpaired) electrons. The fourth-order valence-corrected chi connectivity index (χ4v) is 8.35. The Bertz CT molecular complexity index is 1440. The first-order valence-electron chi connectivity index (χ1n) is 12.6. The quantitative estimate of drug-likeness (QED) is 0.138. The largest absolute Gasteiger partial charge is 0.598 e. The maximum Gasteiger partial charge on any atom is 0.268 e. The minimum atomic E-state index is -4.12. The zero-order chi connectivity index (χ0) is 29.6. The Hall–Kier alpha value is -0.563. The molecule has 0 aliphatic rings. The highest BCUT2D eigenvalue weighted by atomic mass is 79.9. The van der Waals surface area contributed by atoms with Gasteiger partial charge in [-0.3, -0.25) is 0 Å². The van der Waals surface area contributed by atoms with Crippen molar-refractivity contribution < 1.29 is 17.4 Å². The van der Waals surface area contributed by atoms with Crippen LogP contribution in [-0.4, -0.2) is 36.6 Å². The molecule has 0 amide bonds. The summed E-state index contributed by atoms with van der Waals surface area (Å²) in [6.45, 7) is 16.8. The average molecular weight is 697 g/mol. The van der Waals surface area contributed by atoms with Crippen molar-refractivity contribution in [1.29, 1.82) is 0 Å². The van der Waals surface area contributed by atoms with Crippen LogP contribution in [0, 0.1) is 0 Å². The number of halogens is 3. The molecule has 1 aromatic heterocycles. The molecule has 0 saturated heterocycles. The number of benzene rings is 2. The van der Waals surface area contributed by atoms with Crippen LogP contribution >= 0.6 is 39.1 Å². The Morgan fingerprint density at radius 3 is 2.23 bits per heavy atom. The Kier molecular flexibility index (Phi) is 10.1. The molecule has 3 rings (SSSR count). The summed E-state index contributed by atoms with van der Waals surface area (Å²) in [7, 11) is -6.20. The van der Waals surface area contributed by atoms with E-state index in [9.17, 15) is 13.0 Å². The Labute approximate surface area is 255 Å². The summed E-state index contributed by atoms with van der Waals surface area (Å²) >= 11 is 15.1. The van der Waals surface area contributed by atoms with Crippen LogP contribution < -0.4 is 4.72 Å². The van der Waals surface area contributed by atoms with Gasteiger partial charge in [0.05, 0.1) is 32.2 Å². The van der Waals surface area contributed by atoms with Crippen LogP contribution in [0.1, 0.15) is 59.7 Å². The third kappa shape index (κ3) is 7.09. The number of rotatable bonds is 9. The molecule has 2 aromatic carbocycles. The second-order valence-electron chi connectivity index (χ2n) is 12.0. The van der Waals surface area contributed by atoms with Gasteiger partial charge in [0.15, 0.2) is 8.32 Å². The lowest BCUT2D eigenvalue weighted by Crippen LogP contribution is -2.44. The van der Waals surface area contributed by atoms with Crippen LogP contribution in [0.15, 0.2) is 51.8 Å². The summed E-state index contributed by atoms with van der Waals surface area (Å²) in [5.74, 6) is 0. The molecule has 6 nitrogen and oxygen atoms in total. The fourth-order valence-electron chi connectivity index (χ4n) is 3.69. The topological polar surface area (TPSA) is 83.4 Å². The van der Waals surface area contributed by atoms with Crippen molar-refractivity contribution in [2.45, 2.75) is 81.8 Å². The molecule has 3 aromatic rings. The van der Waals surface area contributed by atoms with Gasteiger partial charge in [-0.15, -0.1) is 4.72 Å². The standard InChI is InChI=1S/C27H37BrCl2N2O4S2Si/c1-26(2,3)37(33)31-22(14-15-36-39(7,8)27(4,5)6)23-16-19-20(28)17-21(29)24(30)25(19)32(23)38(34,35)18-12-10-9-11-13-18/h9-13,16-17,22,31H,14-15H2,1-8H3. The minimum absolute atomic E-state index is 0.00480. The number of hydrogen-bond acceptors (Lipinski definition) is 5. The van der Waals surface area contributed by atoms with Crippen molar-refractivity contribution in [2.75, 3.05) is 6.61 Å². The lowest BCUT2D eigenvalue weighted by atomic mass is 10.1. The van der Waals surface area contributed by atoms with Crippen LogP contribution in [0.2, 0.25) is 28.2 Å². The highest BCUT2D eigenvalue weighted by Gasteiger charge is 2.39. The van der Waals surface area contributed by atoms with Gasteiger partial charge in [-0.25, -0.2) is 12.4 Å². The molecule has 0 saturated carbocycles. The number of nitrogens with one attached hydrogen (secondary N) is 1. The second-order valence-corrected chi connectivity index (χ2v) is 22.3. The first-order valence-corrected chi connectivity index (χ1v) is 19.6. The van der Waals surface area contributed by atoms with Crippen molar-refractivity contribution in [3.8, 4) is 0 Å². The monoisotopic (exact) mass is 694 g/mol. The maximum atomic E-state index is 14.2. The molecule has 216 valence electrons. The van der Waals surface area contributed by atoms with E-state index in [-0.39, 0.29) is 25.5 Å². The zero-order valence-corrected chi connectivity index (χ0v) is 29.3. The number of nitrogens with zero attached hydrogens (tertiary/aromatic N) is 1. The van der Waals surface area contributed by atoms with Crippen LogP contribution in [0.4, 0.5) is 0 Å². The third-order valence-electron chi connectivity index (χ3n) is 7.03. The van der Waals surface area contributed by atoms with Crippen molar-refractivity contribution in [3.63, 3.8) is 0 Å². The fraction of sp³-hybridized carbons (Fsp3) is 0.481. The lowest BCUT2D eigenvalue weighted by molar-refractivity contribution is 0.267. The van der Waals surface area contributed by atoms with Crippen LogP contribution in [0.3, 0.4) is 0 Å². The molecule has 0 spiro atoms. The summed E-state index contributed by atoms with van der Waals surface area (Å²) in [6.07, 6.45) is 0.387. The summed E-state index contributed by atoms with van der Waals surface area (Å²) in [6, 6.07) is 10.9. The molecular formula is C27H37BrCl2N2O4S2Si. The van der Waals surface area contributed by atoms with Gasteiger partial charge < -0.3 is 8.98 Å². The summed E-state index contributed by atoms with van der Waals surface area (Å²) in [5, 5.41) is 0.922. The van der Waals surface area contributed by atoms with Gasteiger partial charge in [0.25, 0.3) is 10.0 Å². The summed E-state index contributed by atoms with van der Waals surface area (Å²) < 4.78 is 52.6. The second kappa shape index (κ2) is 12.0. The molecule has 0 aliphatic heterocycles. The van der Waals surface area contributed by atoms with E-state index in [1.54, 1.807) is 30.3 Å². The van der Waals surface area contributed by atoms with E-state index in [0.717, 1.165) is 0 Å². The van der Waals surface area contributed by atoms with E-state index in [1.807, 2.05) is 20.8 Å². The van der Waals surface area contributed by atoms with E-state index < -0.39 is 40.5 Å². The smallest absolute Gasteiger partial charge is 0.268 e. The van der Waals surface area contributed by atoms with Gasteiger partial charge in [-0.1, -0.05) is 78.1 Å². The SMILES string of the molecule is CC(C)(C)[S+]([O-])NC(CCO[Si](C)(C)C(C)(C)C)c1cc2c(Br)cc(Cl)c(Cl)c2n1S(=O)(=O)c1ccccc1. The maximum absolute atomic E-state index is 14.2. The van der Waals surface area contributed by atoms with Crippen LogP contribution in [0.25, 0.3) is 10.9 Å². The van der Waals surface area contributed by atoms with E-state index in [2.05, 4.69) is 54.5 Å². The minimum Gasteiger partial charge on any atom is -0.598 e. The number of hydrogen-bond donors (Lipinski definition) is 1. The Morgan fingerprint density at radius 2 is 1.69 bits per heavy atom. The van der Waals surface area contributed by atoms with Gasteiger partial charge in [-0.05, 0) is 69.6 Å². The van der Waals surface area contributed by atoms with Crippen molar-refractivity contribution in [2.24, 2.45) is 0 Å². The van der Waals surface area contributed by atoms with Crippen molar-refractivity contribution in [3.05, 3.63) is 62.7 Å². The number of aromatic nitrogens is 1. The van der Waals surface area contributed by atoms with Gasteiger partial charge in [0.1, 0.15) is 4.75 Å². The molecule has 2 atom stereocenters. The van der Waals surface area contributed by atoms with E-state index in [1.165, 1.54) is 16.1 Å². The first-order chi connectivity index (χ1) is 17.8. The van der Waals surface area contributed by atoms with Crippen molar-refractivity contribution in [1.82, 2.24) is 8.69 Å². The van der Waals surface area contributed by atoms with E-state index in [4.69, 9.17) is 27.6 Å². The summed E-state index contributed by atoms with van der Waals surface area (Å²) in [4.78, 5) is 0.101. The molecule has 0 aliphatic carbocycles. The van der Waals surface area contributed by atoms with Crippen LogP contribution in [0.5, 0.6) is 0 Å². The molecule has 39 heavy (non-hydrogen) atoms. The van der Waals surface area contributed by atoms with Crippen molar-refractivity contribution >= 4 is 79.7 Å². The molecule has 12 heteroatoms. The van der Waals surface area contributed by atoms with Gasteiger partial charge >= 0.3 is 0 Å². The molecule has 0 bridgehead atoms. The molecule has 1 heterocycles. The van der Waals surface area contributed by atoms with E-state index in [0.29, 0.717) is 28.6 Å². The molecule has 1 N–H and O–H groups in total. The zero-order valence-electron chi connectivity index (χ0n) is 23.6. The Morgan fingerprint density at radius 1 is 1.10 bits per heavy atom. The third-order valence-corrected chi connectivity index (χ3v) is 16.4. The Balaban J connectivity index is 2.25. The summed E-state index contributed by atoms with van der Waals surface area (Å²) in [5.41, 5.74) is 0.656. The van der Waals surface area contributed by atoms with Gasteiger partial charge in [-0.2, -0.15) is 0 Å². The normalized spacial score (nSPS) is 15.1. The van der Waals surface area contributed by atoms with Gasteiger partial charge in [0.2, 0.25) is 0 Å². The highest BCUT2D eigenvalue weighted by molar-refractivity contribution is 9.10. The first kappa shape index (κ1) is 32.9.